The molecule has 2 N–H and O–H groups in total. The fourth-order valence-electron chi connectivity index (χ4n) is 5.42. The van der Waals surface area contributed by atoms with Crippen LogP contribution >= 0.6 is 23.5 Å². The van der Waals surface area contributed by atoms with Gasteiger partial charge in [0, 0.05) is 33.1 Å². The monoisotopic (exact) mass is 580 g/mol. The maximum atomic E-state index is 11.1. The molecule has 0 bridgehead atoms. The highest BCUT2D eigenvalue weighted by atomic mass is 32.2. The molecule has 1 fully saturated rings. The fraction of sp³-hybridized carbons (Fsp3) is 0.556. The standard InChI is InChI=1S/C36H52O2S2/c1-9-15-25-19-29(35(3,4)5)21-27(33(25)37)23-39-31-17-13-11-12-14-18-32(31)40-24-28-22-30(36(6,7)8)20-26(16-10-2)34(28)38/h9-10,19-22,31-32,37-38H,1-2,11-18,23-24H2,3-8H3/t31-,32?/m0/s1. The molecule has 2 nitrogen and oxygen atoms in total. The number of aromatic hydroxyl groups is 2. The smallest absolute Gasteiger partial charge is 0.123 e. The third-order valence-electron chi connectivity index (χ3n) is 8.04. The van der Waals surface area contributed by atoms with Crippen molar-refractivity contribution in [3.63, 3.8) is 0 Å². The average molecular weight is 581 g/mol. The number of hydrogen-bond donors (Lipinski definition) is 2. The van der Waals surface area contributed by atoms with Gasteiger partial charge in [0.05, 0.1) is 0 Å². The Bertz CT molecular complexity index is 1060. The summed E-state index contributed by atoms with van der Waals surface area (Å²) >= 11 is 4.03. The van der Waals surface area contributed by atoms with Crippen molar-refractivity contribution < 1.29 is 10.2 Å². The van der Waals surface area contributed by atoms with Crippen molar-refractivity contribution in [1.82, 2.24) is 0 Å². The first kappa shape index (κ1) is 32.7. The summed E-state index contributed by atoms with van der Waals surface area (Å²) in [4.78, 5) is 0. The van der Waals surface area contributed by atoms with Crippen LogP contribution in [0.25, 0.3) is 0 Å². The van der Waals surface area contributed by atoms with Crippen molar-refractivity contribution in [2.24, 2.45) is 0 Å². The quantitative estimate of drug-likeness (QED) is 0.274. The molecule has 1 aliphatic rings. The number of hydrogen-bond acceptors (Lipinski definition) is 4. The maximum absolute atomic E-state index is 11.1. The normalized spacial score (nSPS) is 18.6. The van der Waals surface area contributed by atoms with Crippen molar-refractivity contribution in [3.8, 4) is 11.5 Å². The van der Waals surface area contributed by atoms with Crippen LogP contribution < -0.4 is 0 Å². The van der Waals surface area contributed by atoms with Gasteiger partial charge in [0.25, 0.3) is 0 Å². The summed E-state index contributed by atoms with van der Waals surface area (Å²) < 4.78 is 0. The Morgan fingerprint density at radius 1 is 0.650 bits per heavy atom. The molecule has 3 rings (SSSR count). The van der Waals surface area contributed by atoms with E-state index in [4.69, 9.17) is 0 Å². The van der Waals surface area contributed by atoms with Crippen LogP contribution in [0.4, 0.5) is 0 Å². The van der Waals surface area contributed by atoms with E-state index in [0.717, 1.165) is 33.8 Å². The van der Waals surface area contributed by atoms with Gasteiger partial charge < -0.3 is 10.2 Å². The van der Waals surface area contributed by atoms with Crippen LogP contribution in [0.3, 0.4) is 0 Å². The van der Waals surface area contributed by atoms with Crippen LogP contribution in [0.5, 0.6) is 11.5 Å². The molecule has 40 heavy (non-hydrogen) atoms. The minimum atomic E-state index is 0.0235. The van der Waals surface area contributed by atoms with Gasteiger partial charge in [-0.3, -0.25) is 0 Å². The molecule has 0 radical (unpaired) electrons. The first-order valence-electron chi connectivity index (χ1n) is 15.0. The molecule has 2 atom stereocenters. The Kier molecular flexibility index (Phi) is 11.8. The predicted molar refractivity (Wildman–Crippen MR) is 179 cm³/mol. The molecule has 0 aliphatic heterocycles. The number of allylic oxidation sites excluding steroid dienone is 2. The zero-order valence-electron chi connectivity index (χ0n) is 25.8. The zero-order valence-corrected chi connectivity index (χ0v) is 27.4. The van der Waals surface area contributed by atoms with Gasteiger partial charge in [0.1, 0.15) is 11.5 Å². The summed E-state index contributed by atoms with van der Waals surface area (Å²) in [5.74, 6) is 2.51. The summed E-state index contributed by atoms with van der Waals surface area (Å²) in [5.41, 5.74) is 6.63. The largest absolute Gasteiger partial charge is 0.507 e. The highest BCUT2D eigenvalue weighted by molar-refractivity contribution is 8.03. The second-order valence-electron chi connectivity index (χ2n) is 13.5. The van der Waals surface area contributed by atoms with Gasteiger partial charge in [-0.1, -0.05) is 104 Å². The van der Waals surface area contributed by atoms with E-state index >= 15 is 0 Å². The van der Waals surface area contributed by atoms with E-state index in [9.17, 15) is 10.2 Å². The lowest BCUT2D eigenvalue weighted by atomic mass is 9.84. The molecule has 1 unspecified atom stereocenters. The molecule has 220 valence electrons. The number of phenolic OH excluding ortho intramolecular Hbond substituents is 2. The Labute approximate surface area is 253 Å². The Hall–Kier alpha value is -1.78. The van der Waals surface area contributed by atoms with Gasteiger partial charge in [-0.2, -0.15) is 23.5 Å². The van der Waals surface area contributed by atoms with Gasteiger partial charge in [-0.15, -0.1) is 13.2 Å². The molecule has 2 aromatic rings. The molecular formula is C36H52O2S2. The topological polar surface area (TPSA) is 40.5 Å². The van der Waals surface area contributed by atoms with Crippen LogP contribution in [0.15, 0.2) is 49.6 Å². The Morgan fingerprint density at radius 3 is 1.32 bits per heavy atom. The van der Waals surface area contributed by atoms with Crippen molar-refractivity contribution >= 4 is 23.5 Å². The van der Waals surface area contributed by atoms with Crippen LogP contribution in [-0.2, 0) is 35.2 Å². The number of phenols is 2. The van der Waals surface area contributed by atoms with Crippen molar-refractivity contribution in [2.45, 2.75) is 126 Å². The highest BCUT2D eigenvalue weighted by Crippen LogP contribution is 2.41. The summed E-state index contributed by atoms with van der Waals surface area (Å²) in [7, 11) is 0. The summed E-state index contributed by atoms with van der Waals surface area (Å²) in [5, 5.41) is 23.3. The predicted octanol–water partition coefficient (Wildman–Crippen LogP) is 10.4. The highest BCUT2D eigenvalue weighted by Gasteiger charge is 2.26. The number of benzene rings is 2. The zero-order chi connectivity index (χ0) is 29.5. The van der Waals surface area contributed by atoms with E-state index in [0.29, 0.717) is 34.8 Å². The molecule has 0 aromatic heterocycles. The third kappa shape index (κ3) is 8.86. The summed E-state index contributed by atoms with van der Waals surface area (Å²) in [6, 6.07) is 8.74. The summed E-state index contributed by atoms with van der Waals surface area (Å²) in [6.45, 7) is 21.2. The average Bonchev–Trinajstić information content (AvgIpc) is 2.85. The lowest BCUT2D eigenvalue weighted by Crippen LogP contribution is -2.22. The van der Waals surface area contributed by atoms with Crippen LogP contribution in [0.2, 0.25) is 0 Å². The van der Waals surface area contributed by atoms with E-state index in [-0.39, 0.29) is 10.8 Å². The molecule has 0 spiro atoms. The lowest BCUT2D eigenvalue weighted by Gasteiger charge is -2.30. The molecule has 1 aliphatic carbocycles. The fourth-order valence-corrected chi connectivity index (χ4v) is 8.49. The molecule has 2 aromatic carbocycles. The van der Waals surface area contributed by atoms with Gasteiger partial charge >= 0.3 is 0 Å². The SMILES string of the molecule is C=CCc1cc(C(C)(C)C)cc(CSC2CCCCCC[C@@H]2SCc2cc(C(C)(C)C)cc(CC=C)c2O)c1O. The minimum absolute atomic E-state index is 0.0235. The van der Waals surface area contributed by atoms with E-state index in [1.807, 2.05) is 35.7 Å². The Balaban J connectivity index is 1.84. The minimum Gasteiger partial charge on any atom is -0.507 e. The second-order valence-corrected chi connectivity index (χ2v) is 15.9. The molecular weight excluding hydrogens is 529 g/mol. The first-order chi connectivity index (χ1) is 18.8. The Morgan fingerprint density at radius 2 is 1.00 bits per heavy atom. The second kappa shape index (κ2) is 14.4. The van der Waals surface area contributed by atoms with Crippen molar-refractivity contribution in [1.29, 1.82) is 0 Å². The third-order valence-corrected chi connectivity index (χ3v) is 11.2. The first-order valence-corrected chi connectivity index (χ1v) is 17.1. The molecule has 0 saturated heterocycles. The van der Waals surface area contributed by atoms with Crippen molar-refractivity contribution in [3.05, 3.63) is 83.0 Å². The van der Waals surface area contributed by atoms with Gasteiger partial charge in [0.2, 0.25) is 0 Å². The maximum Gasteiger partial charge on any atom is 0.123 e. The van der Waals surface area contributed by atoms with Gasteiger partial charge in [-0.25, -0.2) is 0 Å². The lowest BCUT2D eigenvalue weighted by molar-refractivity contribution is 0.462. The van der Waals surface area contributed by atoms with Crippen LogP contribution in [0.1, 0.15) is 113 Å². The number of rotatable bonds is 10. The number of thioether (sulfide) groups is 2. The molecule has 0 heterocycles. The van der Waals surface area contributed by atoms with Gasteiger partial charge in [0.15, 0.2) is 0 Å². The van der Waals surface area contributed by atoms with E-state index in [1.54, 1.807) is 0 Å². The summed E-state index contributed by atoms with van der Waals surface area (Å²) in [6.07, 6.45) is 12.7. The van der Waals surface area contributed by atoms with Crippen molar-refractivity contribution in [2.75, 3.05) is 0 Å². The van der Waals surface area contributed by atoms with E-state index < -0.39 is 0 Å². The molecule has 1 saturated carbocycles. The molecule has 0 amide bonds. The van der Waals surface area contributed by atoms with Gasteiger partial charge in [-0.05, 0) is 58.8 Å². The van der Waals surface area contributed by atoms with Crippen LogP contribution in [0, 0.1) is 0 Å². The van der Waals surface area contributed by atoms with Crippen LogP contribution in [-0.4, -0.2) is 20.7 Å². The molecule has 4 heteroatoms. The van der Waals surface area contributed by atoms with E-state index in [2.05, 4.69) is 79.0 Å². The van der Waals surface area contributed by atoms with E-state index in [1.165, 1.54) is 49.7 Å².